The molecule has 0 fully saturated rings. The molecule has 0 radical (unpaired) electrons. The number of hydrogen-bond donors (Lipinski definition) is 1. The highest BCUT2D eigenvalue weighted by Crippen LogP contribution is 2.22. The number of aromatic nitrogens is 4. The summed E-state index contributed by atoms with van der Waals surface area (Å²) in [5, 5.41) is 4.36. The van der Waals surface area contributed by atoms with Crippen molar-refractivity contribution in [2.45, 2.75) is 6.54 Å². The largest absolute Gasteiger partial charge is 0.368 e. The summed E-state index contributed by atoms with van der Waals surface area (Å²) >= 11 is 6.35. The van der Waals surface area contributed by atoms with Gasteiger partial charge in [-0.3, -0.25) is 4.79 Å². The number of halogens is 1. The SMILES string of the molecule is CN(Cc1ccccc1)c1cnn(-c2nc3ccccc3[nH]2)c(=O)c1Cl. The third-order valence-electron chi connectivity index (χ3n) is 4.15. The van der Waals surface area contributed by atoms with E-state index in [1.165, 1.54) is 4.68 Å². The van der Waals surface area contributed by atoms with Gasteiger partial charge in [-0.05, 0) is 17.7 Å². The molecule has 130 valence electrons. The third kappa shape index (κ3) is 2.95. The van der Waals surface area contributed by atoms with Crippen LogP contribution in [-0.4, -0.2) is 26.8 Å². The van der Waals surface area contributed by atoms with Gasteiger partial charge in [0, 0.05) is 13.6 Å². The van der Waals surface area contributed by atoms with Gasteiger partial charge in [0.2, 0.25) is 5.95 Å². The maximum Gasteiger partial charge on any atom is 0.295 e. The van der Waals surface area contributed by atoms with E-state index in [-0.39, 0.29) is 5.02 Å². The second-order valence-electron chi connectivity index (χ2n) is 5.98. The van der Waals surface area contributed by atoms with E-state index in [9.17, 15) is 4.79 Å². The Labute approximate surface area is 154 Å². The molecule has 4 rings (SSSR count). The lowest BCUT2D eigenvalue weighted by molar-refractivity contribution is 0.759. The fourth-order valence-corrected chi connectivity index (χ4v) is 3.10. The van der Waals surface area contributed by atoms with Crippen LogP contribution < -0.4 is 10.5 Å². The fraction of sp³-hybridized carbons (Fsp3) is 0.105. The first-order valence-corrected chi connectivity index (χ1v) is 8.49. The van der Waals surface area contributed by atoms with Crippen LogP contribution in [0.15, 0.2) is 65.6 Å². The summed E-state index contributed by atoms with van der Waals surface area (Å²) in [5.74, 6) is 0.343. The number of para-hydroxylation sites is 2. The van der Waals surface area contributed by atoms with Crippen molar-refractivity contribution in [3.8, 4) is 5.95 Å². The van der Waals surface area contributed by atoms with Gasteiger partial charge < -0.3 is 9.88 Å². The molecule has 2 heterocycles. The summed E-state index contributed by atoms with van der Waals surface area (Å²) in [6, 6.07) is 17.5. The molecule has 0 aliphatic carbocycles. The molecule has 0 amide bonds. The Morgan fingerprint density at radius 3 is 2.62 bits per heavy atom. The van der Waals surface area contributed by atoms with E-state index >= 15 is 0 Å². The van der Waals surface area contributed by atoms with Crippen molar-refractivity contribution in [3.63, 3.8) is 0 Å². The molecular weight excluding hydrogens is 350 g/mol. The Hall–Kier alpha value is -3.12. The predicted octanol–water partition coefficient (Wildman–Crippen LogP) is 3.40. The van der Waals surface area contributed by atoms with Gasteiger partial charge in [-0.1, -0.05) is 54.1 Å². The molecule has 0 bridgehead atoms. The number of H-pyrrole nitrogens is 1. The van der Waals surface area contributed by atoms with Gasteiger partial charge in [0.1, 0.15) is 5.02 Å². The minimum absolute atomic E-state index is 0.110. The van der Waals surface area contributed by atoms with Gasteiger partial charge in [0.15, 0.2) is 0 Å². The number of imidazole rings is 1. The second-order valence-corrected chi connectivity index (χ2v) is 6.36. The molecule has 2 aromatic heterocycles. The second kappa shape index (κ2) is 6.65. The molecule has 7 heteroatoms. The average molecular weight is 366 g/mol. The highest BCUT2D eigenvalue weighted by Gasteiger charge is 2.16. The molecule has 1 N–H and O–H groups in total. The van der Waals surface area contributed by atoms with Gasteiger partial charge in [-0.2, -0.15) is 9.78 Å². The number of nitrogens with one attached hydrogen (secondary N) is 1. The Kier molecular flexibility index (Phi) is 4.18. The molecular formula is C19H16ClN5O. The number of nitrogens with zero attached hydrogens (tertiary/aromatic N) is 4. The number of aromatic amines is 1. The maximum absolute atomic E-state index is 12.7. The standard InChI is InChI=1S/C19H16ClN5O/c1-24(12-13-7-3-2-4-8-13)16-11-21-25(18(26)17(16)20)19-22-14-9-5-6-10-15(14)23-19/h2-11H,12H2,1H3,(H,22,23). The van der Waals surface area contributed by atoms with Crippen LogP contribution in [0.1, 0.15) is 5.56 Å². The number of rotatable bonds is 4. The van der Waals surface area contributed by atoms with Gasteiger partial charge in [0.05, 0.1) is 22.9 Å². The lowest BCUT2D eigenvalue weighted by atomic mass is 10.2. The van der Waals surface area contributed by atoms with E-state index in [2.05, 4.69) is 15.1 Å². The zero-order chi connectivity index (χ0) is 18.1. The number of anilines is 1. The molecule has 0 aliphatic rings. The Morgan fingerprint density at radius 1 is 1.12 bits per heavy atom. The lowest BCUT2D eigenvalue weighted by Gasteiger charge is -2.20. The van der Waals surface area contributed by atoms with Crippen LogP contribution in [0.5, 0.6) is 0 Å². The van der Waals surface area contributed by atoms with Crippen molar-refractivity contribution in [1.82, 2.24) is 19.7 Å². The molecule has 0 saturated carbocycles. The van der Waals surface area contributed by atoms with Gasteiger partial charge >= 0.3 is 0 Å². The van der Waals surface area contributed by atoms with Crippen LogP contribution in [0, 0.1) is 0 Å². The number of fused-ring (bicyclic) bond motifs is 1. The molecule has 0 aliphatic heterocycles. The first kappa shape index (κ1) is 16.4. The third-order valence-corrected chi connectivity index (χ3v) is 4.51. The van der Waals surface area contributed by atoms with Gasteiger partial charge in [0.25, 0.3) is 5.56 Å². The molecule has 4 aromatic rings. The molecule has 2 aromatic carbocycles. The van der Waals surface area contributed by atoms with E-state index in [0.29, 0.717) is 18.2 Å². The van der Waals surface area contributed by atoms with Gasteiger partial charge in [-0.25, -0.2) is 4.98 Å². The average Bonchev–Trinajstić information content (AvgIpc) is 3.08. The maximum atomic E-state index is 12.7. The van der Waals surface area contributed by atoms with E-state index < -0.39 is 5.56 Å². The highest BCUT2D eigenvalue weighted by atomic mass is 35.5. The number of hydrogen-bond acceptors (Lipinski definition) is 4. The smallest absolute Gasteiger partial charge is 0.295 e. The van der Waals surface area contributed by atoms with E-state index in [1.54, 1.807) is 6.20 Å². The highest BCUT2D eigenvalue weighted by molar-refractivity contribution is 6.33. The van der Waals surface area contributed by atoms with Crippen LogP contribution in [0.4, 0.5) is 5.69 Å². The van der Waals surface area contributed by atoms with Crippen molar-refractivity contribution in [2.75, 3.05) is 11.9 Å². The van der Waals surface area contributed by atoms with Crippen molar-refractivity contribution in [3.05, 3.63) is 81.7 Å². The van der Waals surface area contributed by atoms with Crippen LogP contribution >= 0.6 is 11.6 Å². The molecule has 0 atom stereocenters. The zero-order valence-corrected chi connectivity index (χ0v) is 14.8. The molecule has 0 spiro atoms. The van der Waals surface area contributed by atoms with Crippen LogP contribution in [-0.2, 0) is 6.54 Å². The Bertz CT molecular complexity index is 1090. The number of benzene rings is 2. The van der Waals surface area contributed by atoms with Gasteiger partial charge in [-0.15, -0.1) is 0 Å². The normalized spacial score (nSPS) is 11.0. The minimum Gasteiger partial charge on any atom is -0.368 e. The first-order chi connectivity index (χ1) is 12.6. The van der Waals surface area contributed by atoms with Crippen molar-refractivity contribution in [1.29, 1.82) is 0 Å². The fourth-order valence-electron chi connectivity index (χ4n) is 2.82. The van der Waals surface area contributed by atoms with E-state index in [4.69, 9.17) is 11.6 Å². The van der Waals surface area contributed by atoms with Crippen LogP contribution in [0.25, 0.3) is 17.0 Å². The molecule has 26 heavy (non-hydrogen) atoms. The minimum atomic E-state index is -0.414. The first-order valence-electron chi connectivity index (χ1n) is 8.11. The summed E-state index contributed by atoms with van der Waals surface area (Å²) in [6.07, 6.45) is 1.58. The lowest BCUT2D eigenvalue weighted by Crippen LogP contribution is -2.26. The van der Waals surface area contributed by atoms with Crippen molar-refractivity contribution < 1.29 is 0 Å². The molecule has 6 nitrogen and oxygen atoms in total. The summed E-state index contributed by atoms with van der Waals surface area (Å²) in [7, 11) is 1.88. The van der Waals surface area contributed by atoms with E-state index in [1.807, 2.05) is 66.5 Å². The van der Waals surface area contributed by atoms with E-state index in [0.717, 1.165) is 16.6 Å². The summed E-state index contributed by atoms with van der Waals surface area (Å²) < 4.78 is 1.18. The predicted molar refractivity (Wildman–Crippen MR) is 103 cm³/mol. The molecule has 0 saturated heterocycles. The molecule has 0 unspecified atom stereocenters. The topological polar surface area (TPSA) is 66.8 Å². The quantitative estimate of drug-likeness (QED) is 0.602. The summed E-state index contributed by atoms with van der Waals surface area (Å²) in [6.45, 7) is 0.621. The van der Waals surface area contributed by atoms with Crippen LogP contribution in [0.3, 0.4) is 0 Å². The summed E-state index contributed by atoms with van der Waals surface area (Å²) in [5.41, 5.74) is 2.87. The van der Waals surface area contributed by atoms with Crippen LogP contribution in [0.2, 0.25) is 5.02 Å². The Balaban J connectivity index is 1.69. The monoisotopic (exact) mass is 365 g/mol. The summed E-state index contributed by atoms with van der Waals surface area (Å²) in [4.78, 5) is 22.1. The van der Waals surface area contributed by atoms with Crippen molar-refractivity contribution in [2.24, 2.45) is 0 Å². The van der Waals surface area contributed by atoms with Crippen molar-refractivity contribution >= 4 is 28.3 Å². The zero-order valence-electron chi connectivity index (χ0n) is 14.1. The Morgan fingerprint density at radius 2 is 1.85 bits per heavy atom.